The highest BCUT2D eigenvalue weighted by molar-refractivity contribution is 6.16. The fourth-order valence-corrected chi connectivity index (χ4v) is 7.19. The van der Waals surface area contributed by atoms with Gasteiger partial charge in [-0.05, 0) is 88.1 Å². The van der Waals surface area contributed by atoms with Crippen LogP contribution < -0.4 is 10.1 Å². The molecule has 2 saturated heterocycles. The van der Waals surface area contributed by atoms with Crippen LogP contribution in [-0.2, 0) is 4.74 Å². The number of H-pyrrole nitrogens is 1. The first-order valence-electron chi connectivity index (χ1n) is 15.8. The molecule has 230 valence electrons. The molecule has 0 aliphatic carbocycles. The van der Waals surface area contributed by atoms with Crippen molar-refractivity contribution in [1.29, 1.82) is 0 Å². The fraction of sp³-hybridized carbons (Fsp3) is 0.361. The van der Waals surface area contributed by atoms with Crippen LogP contribution in [0.1, 0.15) is 41.8 Å². The highest BCUT2D eigenvalue weighted by Crippen LogP contribution is 2.45. The molecule has 3 aromatic heterocycles. The number of aryl methyl sites for hydroxylation is 3. The van der Waals surface area contributed by atoms with Gasteiger partial charge < -0.3 is 23.9 Å². The van der Waals surface area contributed by atoms with Gasteiger partial charge in [0.15, 0.2) is 0 Å². The Hall–Kier alpha value is -4.31. The average Bonchev–Trinajstić information content (AvgIpc) is 3.62. The zero-order valence-corrected chi connectivity index (χ0v) is 26.4. The van der Waals surface area contributed by atoms with Crippen molar-refractivity contribution in [3.8, 4) is 28.1 Å². The number of likely N-dealkylation sites (tertiary alicyclic amines) is 1. The molecular formula is C36H38N6O3. The lowest BCUT2D eigenvalue weighted by atomic mass is 9.94. The van der Waals surface area contributed by atoms with Crippen molar-refractivity contribution in [2.45, 2.75) is 45.9 Å². The Balaban J connectivity index is 1.20. The van der Waals surface area contributed by atoms with E-state index in [1.54, 1.807) is 7.11 Å². The first kappa shape index (κ1) is 28.2. The van der Waals surface area contributed by atoms with Gasteiger partial charge in [-0.15, -0.1) is 0 Å². The fourth-order valence-electron chi connectivity index (χ4n) is 7.19. The summed E-state index contributed by atoms with van der Waals surface area (Å²) in [5.41, 5.74) is 7.61. The van der Waals surface area contributed by atoms with Crippen molar-refractivity contribution >= 4 is 32.7 Å². The van der Waals surface area contributed by atoms with Gasteiger partial charge in [0.25, 0.3) is 0 Å². The summed E-state index contributed by atoms with van der Waals surface area (Å²) < 4.78 is 17.6. The number of methoxy groups -OCH3 is 1. The van der Waals surface area contributed by atoms with Gasteiger partial charge in [-0.2, -0.15) is 0 Å². The number of fused-ring (bicyclic) bond motifs is 4. The first-order chi connectivity index (χ1) is 21.9. The van der Waals surface area contributed by atoms with Gasteiger partial charge in [-0.1, -0.05) is 41.6 Å². The number of hydrogen-bond donors (Lipinski definition) is 2. The van der Waals surface area contributed by atoms with Gasteiger partial charge in [-0.25, -0.2) is 9.97 Å². The van der Waals surface area contributed by atoms with E-state index in [0.29, 0.717) is 11.7 Å². The molecule has 3 aromatic carbocycles. The van der Waals surface area contributed by atoms with Gasteiger partial charge in [0.2, 0.25) is 0 Å². The van der Waals surface area contributed by atoms with Crippen LogP contribution in [0.15, 0.2) is 53.1 Å². The van der Waals surface area contributed by atoms with Crippen molar-refractivity contribution in [3.63, 3.8) is 0 Å². The molecule has 8 rings (SSSR count). The number of ether oxygens (including phenoxy) is 2. The topological polar surface area (TPSA) is 105 Å². The molecular weight excluding hydrogens is 564 g/mol. The number of nitrogens with zero attached hydrogens (tertiary/aromatic N) is 4. The van der Waals surface area contributed by atoms with Crippen LogP contribution in [0.3, 0.4) is 0 Å². The Bertz CT molecular complexity index is 2050. The smallest absolute Gasteiger partial charge is 0.142 e. The van der Waals surface area contributed by atoms with Gasteiger partial charge in [-0.3, -0.25) is 5.32 Å². The van der Waals surface area contributed by atoms with Gasteiger partial charge in [0.05, 0.1) is 29.4 Å². The monoisotopic (exact) mass is 602 g/mol. The lowest BCUT2D eigenvalue weighted by molar-refractivity contribution is 0.210. The van der Waals surface area contributed by atoms with E-state index in [0.717, 1.165) is 73.5 Å². The lowest BCUT2D eigenvalue weighted by Gasteiger charge is -2.28. The van der Waals surface area contributed by atoms with Crippen LogP contribution in [0.25, 0.3) is 55.1 Å². The molecule has 9 nitrogen and oxygen atoms in total. The molecule has 2 atom stereocenters. The number of benzene rings is 3. The zero-order valence-electron chi connectivity index (χ0n) is 26.4. The number of hydrogen-bond acceptors (Lipinski definition) is 8. The molecule has 5 heterocycles. The van der Waals surface area contributed by atoms with E-state index in [2.05, 4.69) is 75.9 Å². The molecule has 0 bridgehead atoms. The maximum absolute atomic E-state index is 6.21. The number of nitrogens with one attached hydrogen (secondary N) is 2. The van der Waals surface area contributed by atoms with E-state index in [1.165, 1.54) is 36.9 Å². The summed E-state index contributed by atoms with van der Waals surface area (Å²) in [7, 11) is 3.90. The molecule has 9 heteroatoms. The van der Waals surface area contributed by atoms with Crippen LogP contribution in [-0.4, -0.2) is 65.0 Å². The van der Waals surface area contributed by atoms with Crippen molar-refractivity contribution in [2.24, 2.45) is 5.92 Å². The molecule has 0 radical (unpaired) electrons. The zero-order chi connectivity index (χ0) is 30.8. The number of aromatic nitrogens is 4. The van der Waals surface area contributed by atoms with Crippen LogP contribution >= 0.6 is 0 Å². The second kappa shape index (κ2) is 10.9. The largest absolute Gasteiger partial charge is 0.496 e. The number of aromatic amines is 1. The second-order valence-electron chi connectivity index (χ2n) is 12.6. The lowest BCUT2D eigenvalue weighted by Crippen LogP contribution is -2.35. The third-order valence-electron chi connectivity index (χ3n) is 9.64. The SMILES string of the molecule is COc1cc2c(cc1-c1c(C)noc1C)[nH]c1nc(C)nc(-c3ccc(C4OC4NCC4CCN(C)CC4)c4ccccc34)c12. The summed E-state index contributed by atoms with van der Waals surface area (Å²) in [6.07, 6.45) is 2.58. The van der Waals surface area contributed by atoms with Gasteiger partial charge in [0.1, 0.15) is 35.3 Å². The molecule has 2 N–H and O–H groups in total. The van der Waals surface area contributed by atoms with E-state index >= 15 is 0 Å². The number of piperidine rings is 1. The third-order valence-corrected chi connectivity index (χ3v) is 9.64. The Morgan fingerprint density at radius 1 is 0.978 bits per heavy atom. The molecule has 0 saturated carbocycles. The molecule has 45 heavy (non-hydrogen) atoms. The van der Waals surface area contributed by atoms with E-state index in [1.807, 2.05) is 20.8 Å². The molecule has 2 unspecified atom stereocenters. The van der Waals surface area contributed by atoms with Crippen molar-refractivity contribution < 1.29 is 14.0 Å². The molecule has 0 amide bonds. The molecule has 0 spiro atoms. The Kier molecular flexibility index (Phi) is 6.85. The minimum atomic E-state index is 0.0439. The second-order valence-corrected chi connectivity index (χ2v) is 12.6. The highest BCUT2D eigenvalue weighted by atomic mass is 16.6. The first-order valence-corrected chi connectivity index (χ1v) is 15.8. The molecule has 2 aliphatic rings. The van der Waals surface area contributed by atoms with Gasteiger partial charge in [0, 0.05) is 28.6 Å². The standard InChI is InChI=1S/C36H38N6O3/c1-19-31(20(2)45-41-19)28-16-29-27(17-30(28)43-5)32-33(38-21(3)39-35(32)40-29)25-10-11-26(24-9-7-6-8-23(24)25)34-36(44-34)37-18-22-12-14-42(4)15-13-22/h6-11,16-17,22,34,36-37H,12-15,18H2,1-5H3,(H,38,39,40). The quantitative estimate of drug-likeness (QED) is 0.191. The molecule has 2 aliphatic heterocycles. The number of rotatable bonds is 7. The summed E-state index contributed by atoms with van der Waals surface area (Å²) in [4.78, 5) is 15.9. The summed E-state index contributed by atoms with van der Waals surface area (Å²) in [5.74, 6) is 2.92. The predicted molar refractivity (Wildman–Crippen MR) is 176 cm³/mol. The summed E-state index contributed by atoms with van der Waals surface area (Å²) in [6.45, 7) is 9.17. The molecule has 6 aromatic rings. The van der Waals surface area contributed by atoms with E-state index in [9.17, 15) is 0 Å². The minimum Gasteiger partial charge on any atom is -0.496 e. The highest BCUT2D eigenvalue weighted by Gasteiger charge is 2.41. The summed E-state index contributed by atoms with van der Waals surface area (Å²) in [6, 6.07) is 17.2. The van der Waals surface area contributed by atoms with Crippen LogP contribution in [0.2, 0.25) is 0 Å². The Labute approximate surface area is 261 Å². The normalized spacial score (nSPS) is 19.2. The Morgan fingerprint density at radius 3 is 2.53 bits per heavy atom. The third kappa shape index (κ3) is 4.86. The van der Waals surface area contributed by atoms with E-state index < -0.39 is 0 Å². The van der Waals surface area contributed by atoms with Crippen LogP contribution in [0.4, 0.5) is 0 Å². The Morgan fingerprint density at radius 2 is 1.78 bits per heavy atom. The maximum atomic E-state index is 6.21. The maximum Gasteiger partial charge on any atom is 0.142 e. The van der Waals surface area contributed by atoms with Crippen molar-refractivity contribution in [1.82, 2.24) is 30.3 Å². The van der Waals surface area contributed by atoms with E-state index in [4.69, 9.17) is 24.0 Å². The molecule has 2 fully saturated rings. The van der Waals surface area contributed by atoms with Crippen LogP contribution in [0.5, 0.6) is 5.75 Å². The van der Waals surface area contributed by atoms with Crippen LogP contribution in [0, 0.1) is 26.7 Å². The minimum absolute atomic E-state index is 0.0439. The van der Waals surface area contributed by atoms with Crippen molar-refractivity contribution in [2.75, 3.05) is 33.8 Å². The van der Waals surface area contributed by atoms with Gasteiger partial charge >= 0.3 is 0 Å². The summed E-state index contributed by atoms with van der Waals surface area (Å²) >= 11 is 0. The average molecular weight is 603 g/mol. The number of epoxide rings is 1. The predicted octanol–water partition coefficient (Wildman–Crippen LogP) is 6.85. The van der Waals surface area contributed by atoms with Crippen molar-refractivity contribution in [3.05, 3.63) is 71.4 Å². The van der Waals surface area contributed by atoms with E-state index in [-0.39, 0.29) is 12.3 Å². The summed E-state index contributed by atoms with van der Waals surface area (Å²) in [5, 5.41) is 12.2.